The third kappa shape index (κ3) is 4.55. The Morgan fingerprint density at radius 1 is 1.14 bits per heavy atom. The highest BCUT2D eigenvalue weighted by atomic mass is 79.9. The van der Waals surface area contributed by atoms with E-state index in [1.165, 1.54) is 12.1 Å². The highest BCUT2D eigenvalue weighted by Gasteiger charge is 2.06. The lowest BCUT2D eigenvalue weighted by Crippen LogP contribution is -2.13. The molecule has 2 nitrogen and oxygen atoms in total. The quantitative estimate of drug-likeness (QED) is 0.821. The van der Waals surface area contributed by atoms with E-state index in [4.69, 9.17) is 4.74 Å². The first-order valence-corrected chi connectivity index (χ1v) is 7.76. The number of hydrogen-bond acceptors (Lipinski definition) is 2. The highest BCUT2D eigenvalue weighted by molar-refractivity contribution is 9.10. The molecule has 0 atom stereocenters. The van der Waals surface area contributed by atoms with Crippen molar-refractivity contribution in [3.8, 4) is 5.75 Å². The molecular weight excluding hydrogens is 333 g/mol. The molecule has 2 aromatic carbocycles. The van der Waals surface area contributed by atoms with Crippen LogP contribution < -0.4 is 10.1 Å². The zero-order valence-electron chi connectivity index (χ0n) is 12.2. The second-order valence-corrected chi connectivity index (χ2v) is 5.81. The van der Waals surface area contributed by atoms with E-state index in [2.05, 4.69) is 34.2 Å². The second-order valence-electron chi connectivity index (χ2n) is 4.89. The third-order valence-electron chi connectivity index (χ3n) is 3.28. The Labute approximate surface area is 133 Å². The van der Waals surface area contributed by atoms with Gasteiger partial charge in [0, 0.05) is 16.6 Å². The van der Waals surface area contributed by atoms with Crippen LogP contribution in [0.3, 0.4) is 0 Å². The van der Waals surface area contributed by atoms with Crippen molar-refractivity contribution in [2.24, 2.45) is 0 Å². The van der Waals surface area contributed by atoms with Crippen LogP contribution in [0, 0.1) is 12.7 Å². The van der Waals surface area contributed by atoms with Gasteiger partial charge in [-0.2, -0.15) is 0 Å². The van der Waals surface area contributed by atoms with E-state index in [0.717, 1.165) is 40.0 Å². The molecule has 0 saturated carbocycles. The Morgan fingerprint density at radius 2 is 1.95 bits per heavy atom. The number of benzene rings is 2. The minimum absolute atomic E-state index is 0.215. The molecule has 0 spiro atoms. The van der Waals surface area contributed by atoms with Gasteiger partial charge in [-0.15, -0.1) is 0 Å². The van der Waals surface area contributed by atoms with Gasteiger partial charge in [0.25, 0.3) is 0 Å². The number of ether oxygens (including phenoxy) is 1. The molecule has 0 aliphatic rings. The molecular formula is C17H19BrFNO. The summed E-state index contributed by atoms with van der Waals surface area (Å²) in [6, 6.07) is 10.7. The van der Waals surface area contributed by atoms with Crippen LogP contribution in [-0.4, -0.2) is 6.54 Å². The molecule has 4 heteroatoms. The van der Waals surface area contributed by atoms with E-state index in [1.807, 2.05) is 19.1 Å². The number of nitrogens with one attached hydrogen (secondary N) is 1. The fraction of sp³-hybridized carbons (Fsp3) is 0.294. The molecule has 0 radical (unpaired) electrons. The number of halogens is 2. The van der Waals surface area contributed by atoms with Gasteiger partial charge in [-0.05, 0) is 54.9 Å². The maximum atomic E-state index is 13.1. The van der Waals surface area contributed by atoms with Crippen LogP contribution in [0.15, 0.2) is 40.9 Å². The Balaban J connectivity index is 2.11. The van der Waals surface area contributed by atoms with E-state index in [0.29, 0.717) is 6.61 Å². The van der Waals surface area contributed by atoms with Crippen molar-refractivity contribution in [3.63, 3.8) is 0 Å². The zero-order chi connectivity index (χ0) is 15.2. The predicted molar refractivity (Wildman–Crippen MR) is 87.0 cm³/mol. The number of hydrogen-bond donors (Lipinski definition) is 1. The molecule has 0 aliphatic carbocycles. The molecule has 2 rings (SSSR count). The van der Waals surface area contributed by atoms with E-state index >= 15 is 0 Å². The van der Waals surface area contributed by atoms with Crippen molar-refractivity contribution in [2.45, 2.75) is 27.0 Å². The minimum Gasteiger partial charge on any atom is -0.489 e. The molecule has 0 aliphatic heterocycles. The van der Waals surface area contributed by atoms with Gasteiger partial charge in [0.2, 0.25) is 0 Å². The van der Waals surface area contributed by atoms with Crippen LogP contribution in [-0.2, 0) is 13.2 Å². The van der Waals surface area contributed by atoms with Crippen LogP contribution in [0.1, 0.15) is 23.6 Å². The number of rotatable bonds is 6. The Bertz CT molecular complexity index is 616. The molecule has 0 aromatic heterocycles. The van der Waals surface area contributed by atoms with Gasteiger partial charge in [-0.3, -0.25) is 0 Å². The molecule has 0 unspecified atom stereocenters. The topological polar surface area (TPSA) is 21.3 Å². The first-order chi connectivity index (χ1) is 10.1. The molecule has 0 saturated heterocycles. The monoisotopic (exact) mass is 351 g/mol. The van der Waals surface area contributed by atoms with Gasteiger partial charge in [0.15, 0.2) is 0 Å². The van der Waals surface area contributed by atoms with Gasteiger partial charge in [0.05, 0.1) is 0 Å². The summed E-state index contributed by atoms with van der Waals surface area (Å²) in [5.41, 5.74) is 3.00. The van der Waals surface area contributed by atoms with Crippen LogP contribution in [0.25, 0.3) is 0 Å². The maximum Gasteiger partial charge on any atom is 0.124 e. The minimum atomic E-state index is -0.215. The molecule has 21 heavy (non-hydrogen) atoms. The van der Waals surface area contributed by atoms with Gasteiger partial charge in [0.1, 0.15) is 18.2 Å². The first kappa shape index (κ1) is 16.0. The molecule has 0 fully saturated rings. The Hall–Kier alpha value is -1.39. The summed E-state index contributed by atoms with van der Waals surface area (Å²) >= 11 is 3.48. The van der Waals surface area contributed by atoms with Crippen molar-refractivity contribution < 1.29 is 9.13 Å². The summed E-state index contributed by atoms with van der Waals surface area (Å²) < 4.78 is 20.0. The molecule has 112 valence electrons. The molecule has 1 N–H and O–H groups in total. The van der Waals surface area contributed by atoms with Crippen molar-refractivity contribution in [3.05, 3.63) is 63.4 Å². The van der Waals surface area contributed by atoms with E-state index in [-0.39, 0.29) is 5.82 Å². The number of aryl methyl sites for hydroxylation is 1. The maximum absolute atomic E-state index is 13.1. The summed E-state index contributed by atoms with van der Waals surface area (Å²) in [5.74, 6) is 0.635. The average Bonchev–Trinajstić information content (AvgIpc) is 2.45. The second kappa shape index (κ2) is 7.57. The van der Waals surface area contributed by atoms with E-state index in [9.17, 15) is 4.39 Å². The van der Waals surface area contributed by atoms with Crippen molar-refractivity contribution >= 4 is 15.9 Å². The van der Waals surface area contributed by atoms with E-state index < -0.39 is 0 Å². The molecule has 2 aromatic rings. The standard InChI is InChI=1S/C17H19BrFNO/c1-3-20-10-14-9-15(18)5-7-17(14)21-11-13-4-6-16(19)8-12(13)2/h4-9,20H,3,10-11H2,1-2H3. The lowest BCUT2D eigenvalue weighted by molar-refractivity contribution is 0.301. The zero-order valence-corrected chi connectivity index (χ0v) is 13.8. The summed E-state index contributed by atoms with van der Waals surface area (Å²) in [6.45, 7) is 6.06. The summed E-state index contributed by atoms with van der Waals surface area (Å²) in [6.07, 6.45) is 0. The third-order valence-corrected chi connectivity index (χ3v) is 3.77. The summed E-state index contributed by atoms with van der Waals surface area (Å²) in [4.78, 5) is 0. The molecule has 0 bridgehead atoms. The summed E-state index contributed by atoms with van der Waals surface area (Å²) in [7, 11) is 0. The van der Waals surface area contributed by atoms with Crippen molar-refractivity contribution in [1.82, 2.24) is 5.32 Å². The summed E-state index contributed by atoms with van der Waals surface area (Å²) in [5, 5.41) is 3.30. The van der Waals surface area contributed by atoms with Gasteiger partial charge < -0.3 is 10.1 Å². The van der Waals surface area contributed by atoms with Crippen LogP contribution in [0.2, 0.25) is 0 Å². The fourth-order valence-corrected chi connectivity index (χ4v) is 2.47. The normalized spacial score (nSPS) is 10.7. The SMILES string of the molecule is CCNCc1cc(Br)ccc1OCc1ccc(F)cc1C. The van der Waals surface area contributed by atoms with E-state index in [1.54, 1.807) is 6.07 Å². The Kier molecular flexibility index (Phi) is 5.76. The van der Waals surface area contributed by atoms with Crippen molar-refractivity contribution in [2.75, 3.05) is 6.54 Å². The van der Waals surface area contributed by atoms with Crippen LogP contribution >= 0.6 is 15.9 Å². The molecule has 0 heterocycles. The molecule has 0 amide bonds. The fourth-order valence-electron chi connectivity index (χ4n) is 2.06. The van der Waals surface area contributed by atoms with Crippen LogP contribution in [0.5, 0.6) is 5.75 Å². The lowest BCUT2D eigenvalue weighted by atomic mass is 10.1. The van der Waals surface area contributed by atoms with Crippen molar-refractivity contribution in [1.29, 1.82) is 0 Å². The average molecular weight is 352 g/mol. The predicted octanol–water partition coefficient (Wildman–Crippen LogP) is 4.59. The first-order valence-electron chi connectivity index (χ1n) is 6.97. The van der Waals surface area contributed by atoms with Gasteiger partial charge >= 0.3 is 0 Å². The smallest absolute Gasteiger partial charge is 0.124 e. The largest absolute Gasteiger partial charge is 0.489 e. The van der Waals surface area contributed by atoms with Gasteiger partial charge in [-0.25, -0.2) is 4.39 Å². The van der Waals surface area contributed by atoms with Gasteiger partial charge in [-0.1, -0.05) is 28.9 Å². The Morgan fingerprint density at radius 3 is 2.67 bits per heavy atom. The van der Waals surface area contributed by atoms with Crippen LogP contribution in [0.4, 0.5) is 4.39 Å². The lowest BCUT2D eigenvalue weighted by Gasteiger charge is -2.13. The highest BCUT2D eigenvalue weighted by Crippen LogP contribution is 2.24.